The minimum Gasteiger partial charge on any atom is -0.316 e. The highest BCUT2D eigenvalue weighted by Crippen LogP contribution is 2.33. The maximum Gasteiger partial charge on any atom is 0.227 e. The average molecular weight is 371 g/mol. The summed E-state index contributed by atoms with van der Waals surface area (Å²) in [6.45, 7) is 3.30. The molecule has 2 heterocycles. The predicted molar refractivity (Wildman–Crippen MR) is 113 cm³/mol. The highest BCUT2D eigenvalue weighted by Gasteiger charge is 2.34. The van der Waals surface area contributed by atoms with E-state index in [1.807, 2.05) is 29.2 Å². The van der Waals surface area contributed by atoms with Crippen LogP contribution >= 0.6 is 0 Å². The maximum absolute atomic E-state index is 12.7. The molecule has 1 amide bonds. The standard InChI is InChI=1S/C24H25N3O/c1-3-5-8-18-11-13-20(14-12-18)27-17-19(16-23(27)28)24-25-21-9-6-7-10-22(21)26(24)15-4-2/h2,6-7,9-14,19H,3,5,8,15-17H2,1H3. The van der Waals surface area contributed by atoms with Gasteiger partial charge in [0.1, 0.15) is 5.82 Å². The Labute approximate surface area is 166 Å². The molecule has 28 heavy (non-hydrogen) atoms. The number of para-hydroxylation sites is 2. The van der Waals surface area contributed by atoms with Gasteiger partial charge in [-0.15, -0.1) is 6.42 Å². The molecule has 1 atom stereocenters. The van der Waals surface area contributed by atoms with E-state index in [1.165, 1.54) is 18.4 Å². The molecule has 1 fully saturated rings. The van der Waals surface area contributed by atoms with Crippen LogP contribution in [-0.2, 0) is 17.8 Å². The minimum absolute atomic E-state index is 0.0491. The Morgan fingerprint density at radius 1 is 1.18 bits per heavy atom. The van der Waals surface area contributed by atoms with E-state index < -0.39 is 0 Å². The topological polar surface area (TPSA) is 38.1 Å². The van der Waals surface area contributed by atoms with Crippen molar-refractivity contribution in [2.45, 2.75) is 45.1 Å². The molecule has 2 aromatic carbocycles. The minimum atomic E-state index is 0.0491. The van der Waals surface area contributed by atoms with E-state index in [-0.39, 0.29) is 11.8 Å². The van der Waals surface area contributed by atoms with Gasteiger partial charge in [0, 0.05) is 24.6 Å². The van der Waals surface area contributed by atoms with Crippen LogP contribution in [0.15, 0.2) is 48.5 Å². The first-order valence-electron chi connectivity index (χ1n) is 9.99. The average Bonchev–Trinajstić information content (AvgIpc) is 3.28. The number of nitrogens with zero attached hydrogens (tertiary/aromatic N) is 3. The number of hydrogen-bond acceptors (Lipinski definition) is 2. The summed E-state index contributed by atoms with van der Waals surface area (Å²) in [6, 6.07) is 16.4. The summed E-state index contributed by atoms with van der Waals surface area (Å²) in [5.74, 6) is 3.83. The van der Waals surface area contributed by atoms with E-state index in [1.54, 1.807) is 0 Å². The molecule has 0 saturated carbocycles. The van der Waals surface area contributed by atoms with Gasteiger partial charge < -0.3 is 9.47 Å². The molecule has 0 spiro atoms. The Morgan fingerprint density at radius 2 is 1.96 bits per heavy atom. The van der Waals surface area contributed by atoms with Gasteiger partial charge in [-0.2, -0.15) is 0 Å². The number of anilines is 1. The molecule has 3 aromatic rings. The Hall–Kier alpha value is -3.06. The van der Waals surface area contributed by atoms with Gasteiger partial charge >= 0.3 is 0 Å². The van der Waals surface area contributed by atoms with Crippen molar-refractivity contribution in [1.29, 1.82) is 0 Å². The molecule has 142 valence electrons. The fraction of sp³-hybridized carbons (Fsp3) is 0.333. The van der Waals surface area contributed by atoms with Crippen molar-refractivity contribution in [2.75, 3.05) is 11.4 Å². The molecular formula is C24H25N3O. The van der Waals surface area contributed by atoms with Crippen LogP contribution in [0.4, 0.5) is 5.69 Å². The molecule has 4 nitrogen and oxygen atoms in total. The smallest absolute Gasteiger partial charge is 0.227 e. The van der Waals surface area contributed by atoms with Gasteiger partial charge in [-0.05, 0) is 42.7 Å². The fourth-order valence-electron chi connectivity index (χ4n) is 4.02. The normalized spacial score (nSPS) is 16.6. The van der Waals surface area contributed by atoms with E-state index in [4.69, 9.17) is 11.4 Å². The Bertz CT molecular complexity index is 1030. The first-order chi connectivity index (χ1) is 13.7. The van der Waals surface area contributed by atoms with Crippen molar-refractivity contribution < 1.29 is 4.79 Å². The molecule has 1 unspecified atom stereocenters. The van der Waals surface area contributed by atoms with E-state index in [9.17, 15) is 4.79 Å². The molecule has 1 aliphatic heterocycles. The third-order valence-electron chi connectivity index (χ3n) is 5.49. The van der Waals surface area contributed by atoms with Crippen LogP contribution < -0.4 is 4.90 Å². The van der Waals surface area contributed by atoms with Crippen molar-refractivity contribution in [3.05, 3.63) is 59.9 Å². The summed E-state index contributed by atoms with van der Waals surface area (Å²) in [5, 5.41) is 0. The second-order valence-corrected chi connectivity index (χ2v) is 7.42. The molecule has 0 radical (unpaired) electrons. The number of carbonyl (C=O) groups is 1. The van der Waals surface area contributed by atoms with Gasteiger partial charge in [0.05, 0.1) is 17.6 Å². The number of aromatic nitrogens is 2. The van der Waals surface area contributed by atoms with Gasteiger partial charge in [-0.25, -0.2) is 4.98 Å². The number of unbranched alkanes of at least 4 members (excludes halogenated alkanes) is 1. The van der Waals surface area contributed by atoms with Crippen molar-refractivity contribution in [2.24, 2.45) is 0 Å². The zero-order chi connectivity index (χ0) is 19.5. The number of hydrogen-bond donors (Lipinski definition) is 0. The Kier molecular flexibility index (Phi) is 5.16. The molecule has 4 rings (SSSR count). The van der Waals surface area contributed by atoms with Crippen molar-refractivity contribution in [3.63, 3.8) is 0 Å². The molecule has 0 aliphatic carbocycles. The first-order valence-corrected chi connectivity index (χ1v) is 9.99. The lowest BCUT2D eigenvalue weighted by Crippen LogP contribution is -2.24. The number of aryl methyl sites for hydroxylation is 1. The summed E-state index contributed by atoms with van der Waals surface area (Å²) >= 11 is 0. The van der Waals surface area contributed by atoms with Crippen LogP contribution in [0.5, 0.6) is 0 Å². The van der Waals surface area contributed by atoms with Crippen LogP contribution in [-0.4, -0.2) is 22.0 Å². The van der Waals surface area contributed by atoms with Gasteiger partial charge in [-0.1, -0.05) is 43.5 Å². The Balaban J connectivity index is 1.59. The lowest BCUT2D eigenvalue weighted by Gasteiger charge is -2.17. The van der Waals surface area contributed by atoms with Gasteiger partial charge in [0.2, 0.25) is 5.91 Å². The summed E-state index contributed by atoms with van der Waals surface area (Å²) < 4.78 is 2.07. The largest absolute Gasteiger partial charge is 0.316 e. The number of rotatable bonds is 6. The van der Waals surface area contributed by atoms with Crippen LogP contribution in [0.1, 0.15) is 43.5 Å². The zero-order valence-electron chi connectivity index (χ0n) is 16.3. The predicted octanol–water partition coefficient (Wildman–Crippen LogP) is 4.53. The quantitative estimate of drug-likeness (QED) is 0.597. The van der Waals surface area contributed by atoms with E-state index in [2.05, 4.69) is 41.7 Å². The van der Waals surface area contributed by atoms with Crippen LogP contribution in [0.25, 0.3) is 11.0 Å². The van der Waals surface area contributed by atoms with E-state index in [0.717, 1.165) is 29.0 Å². The molecular weight excluding hydrogens is 346 g/mol. The molecule has 1 aromatic heterocycles. The number of carbonyl (C=O) groups excluding carboxylic acids is 1. The second-order valence-electron chi connectivity index (χ2n) is 7.42. The molecule has 0 N–H and O–H groups in total. The third-order valence-corrected chi connectivity index (χ3v) is 5.49. The summed E-state index contributed by atoms with van der Waals surface area (Å²) in [4.78, 5) is 19.4. The lowest BCUT2D eigenvalue weighted by molar-refractivity contribution is -0.117. The third kappa shape index (κ3) is 3.41. The lowest BCUT2D eigenvalue weighted by atomic mass is 10.1. The van der Waals surface area contributed by atoms with Crippen molar-refractivity contribution >= 4 is 22.6 Å². The molecule has 0 bridgehead atoms. The van der Waals surface area contributed by atoms with Gasteiger partial charge in [0.25, 0.3) is 0 Å². The number of imidazole rings is 1. The number of amides is 1. The van der Waals surface area contributed by atoms with E-state index in [0.29, 0.717) is 19.5 Å². The Morgan fingerprint density at radius 3 is 2.71 bits per heavy atom. The molecule has 1 aliphatic rings. The SMILES string of the molecule is C#CCn1c(C2CC(=O)N(c3ccc(CCCC)cc3)C2)nc2ccccc21. The van der Waals surface area contributed by atoms with Gasteiger partial charge in [-0.3, -0.25) is 4.79 Å². The highest BCUT2D eigenvalue weighted by molar-refractivity contribution is 5.96. The monoisotopic (exact) mass is 371 g/mol. The van der Waals surface area contributed by atoms with Crippen molar-refractivity contribution in [1.82, 2.24) is 9.55 Å². The molecule has 4 heteroatoms. The van der Waals surface area contributed by atoms with Crippen LogP contribution in [0.3, 0.4) is 0 Å². The fourth-order valence-corrected chi connectivity index (χ4v) is 4.02. The van der Waals surface area contributed by atoms with E-state index >= 15 is 0 Å². The number of terminal acetylenes is 1. The summed E-state index contributed by atoms with van der Waals surface area (Å²) in [7, 11) is 0. The second kappa shape index (κ2) is 7.90. The first kappa shape index (κ1) is 18.3. The number of benzene rings is 2. The van der Waals surface area contributed by atoms with Crippen LogP contribution in [0, 0.1) is 12.3 Å². The highest BCUT2D eigenvalue weighted by atomic mass is 16.2. The number of fused-ring (bicyclic) bond motifs is 1. The molecule has 1 saturated heterocycles. The zero-order valence-corrected chi connectivity index (χ0v) is 16.3. The van der Waals surface area contributed by atoms with Crippen LogP contribution in [0.2, 0.25) is 0 Å². The summed E-state index contributed by atoms with van der Waals surface area (Å²) in [5.41, 5.74) is 4.25. The summed E-state index contributed by atoms with van der Waals surface area (Å²) in [6.07, 6.45) is 9.52. The van der Waals surface area contributed by atoms with Crippen molar-refractivity contribution in [3.8, 4) is 12.3 Å². The maximum atomic E-state index is 12.7. The van der Waals surface area contributed by atoms with Gasteiger partial charge in [0.15, 0.2) is 0 Å².